The van der Waals surface area contributed by atoms with Gasteiger partial charge >= 0.3 is 0 Å². The van der Waals surface area contributed by atoms with Crippen LogP contribution in [0.15, 0.2) is 101 Å². The Morgan fingerprint density at radius 3 is 1.65 bits per heavy atom. The molecule has 0 unspecified atom stereocenters. The molecule has 5 N–H and O–H groups in total. The van der Waals surface area contributed by atoms with Crippen molar-refractivity contribution >= 4 is 46.2 Å². The maximum atomic E-state index is 13.1. The number of para-hydroxylation sites is 1. The maximum absolute atomic E-state index is 13.1. The van der Waals surface area contributed by atoms with E-state index in [2.05, 4.69) is 26.4 Å². The fourth-order valence-corrected chi connectivity index (χ4v) is 3.85. The van der Waals surface area contributed by atoms with Crippen molar-refractivity contribution in [3.63, 3.8) is 0 Å². The molecule has 0 bridgehead atoms. The summed E-state index contributed by atoms with van der Waals surface area (Å²) in [7, 11) is 0. The summed E-state index contributed by atoms with van der Waals surface area (Å²) < 4.78 is 0. The average molecular weight is 556 g/mol. The predicted octanol–water partition coefficient (Wildman–Crippen LogP) is 5.80. The number of halogens is 1. The average Bonchev–Trinajstić information content (AvgIpc) is 2.95. The third-order valence-corrected chi connectivity index (χ3v) is 6.12. The zero-order chi connectivity index (χ0) is 28.6. The number of phenols is 2. The summed E-state index contributed by atoms with van der Waals surface area (Å²) in [6, 6.07) is 24.4. The molecular weight excluding hydrogens is 530 g/mol. The first-order chi connectivity index (χ1) is 19.2. The number of carbonyl (C=O) groups excluding carboxylic acids is 2. The first-order valence-corrected chi connectivity index (χ1v) is 12.5. The number of rotatable bonds is 8. The Morgan fingerprint density at radius 1 is 0.650 bits per heavy atom. The van der Waals surface area contributed by atoms with Crippen molar-refractivity contribution in [2.45, 2.75) is 13.8 Å². The number of hydrogen-bond acceptors (Lipinski definition) is 7. The zero-order valence-corrected chi connectivity index (χ0v) is 22.4. The molecule has 2 amide bonds. The lowest BCUT2D eigenvalue weighted by molar-refractivity contribution is 0.0948. The Balaban J connectivity index is 1.53. The van der Waals surface area contributed by atoms with Gasteiger partial charge in [0.1, 0.15) is 11.5 Å². The van der Waals surface area contributed by atoms with E-state index in [0.29, 0.717) is 27.8 Å². The number of anilines is 2. The highest BCUT2D eigenvalue weighted by atomic mass is 35.5. The van der Waals surface area contributed by atoms with Crippen LogP contribution >= 0.6 is 11.6 Å². The monoisotopic (exact) mass is 555 g/mol. The first kappa shape index (κ1) is 27.9. The molecule has 0 fully saturated rings. The highest BCUT2D eigenvalue weighted by Crippen LogP contribution is 2.27. The second-order valence-corrected chi connectivity index (χ2v) is 9.17. The fourth-order valence-electron chi connectivity index (χ4n) is 3.68. The topological polar surface area (TPSA) is 135 Å². The molecule has 0 aliphatic heterocycles. The summed E-state index contributed by atoms with van der Waals surface area (Å²) in [5, 5.41) is 30.8. The molecule has 4 aromatic carbocycles. The molecule has 0 saturated heterocycles. The van der Waals surface area contributed by atoms with Gasteiger partial charge in [-0.1, -0.05) is 23.7 Å². The van der Waals surface area contributed by atoms with Gasteiger partial charge in [0.05, 0.1) is 33.9 Å². The van der Waals surface area contributed by atoms with Crippen LogP contribution in [0.25, 0.3) is 0 Å². The van der Waals surface area contributed by atoms with E-state index in [4.69, 9.17) is 11.6 Å². The number of hydrogen-bond donors (Lipinski definition) is 5. The van der Waals surface area contributed by atoms with Crippen molar-refractivity contribution < 1.29 is 19.8 Å². The van der Waals surface area contributed by atoms with Crippen molar-refractivity contribution in [2.24, 2.45) is 10.2 Å². The third-order valence-electron chi connectivity index (χ3n) is 5.89. The number of carbonyl (C=O) groups is 2. The van der Waals surface area contributed by atoms with Gasteiger partial charge in [0, 0.05) is 5.02 Å². The van der Waals surface area contributed by atoms with Crippen molar-refractivity contribution in [3.05, 3.63) is 118 Å². The van der Waals surface area contributed by atoms with Gasteiger partial charge in [0.25, 0.3) is 11.8 Å². The van der Waals surface area contributed by atoms with E-state index in [9.17, 15) is 19.8 Å². The van der Waals surface area contributed by atoms with Crippen LogP contribution in [0.5, 0.6) is 11.5 Å². The van der Waals surface area contributed by atoms with Crippen molar-refractivity contribution in [1.82, 2.24) is 10.9 Å². The van der Waals surface area contributed by atoms with Crippen LogP contribution in [-0.2, 0) is 0 Å². The minimum atomic E-state index is -0.492. The summed E-state index contributed by atoms with van der Waals surface area (Å²) in [4.78, 5) is 26.1. The van der Waals surface area contributed by atoms with Gasteiger partial charge in [-0.05, 0) is 104 Å². The molecule has 40 heavy (non-hydrogen) atoms. The zero-order valence-electron chi connectivity index (χ0n) is 21.6. The van der Waals surface area contributed by atoms with Crippen LogP contribution in [0.1, 0.15) is 45.7 Å². The van der Waals surface area contributed by atoms with Crippen molar-refractivity contribution in [3.8, 4) is 11.5 Å². The van der Waals surface area contributed by atoms with Crippen LogP contribution < -0.4 is 16.2 Å². The Bertz CT molecular complexity index is 1600. The van der Waals surface area contributed by atoms with E-state index >= 15 is 0 Å². The van der Waals surface area contributed by atoms with Crippen LogP contribution in [0, 0.1) is 0 Å². The van der Waals surface area contributed by atoms with E-state index in [1.54, 1.807) is 80.6 Å². The number of benzene rings is 4. The van der Waals surface area contributed by atoms with Crippen LogP contribution in [0.4, 0.5) is 11.4 Å². The summed E-state index contributed by atoms with van der Waals surface area (Å²) in [6.45, 7) is 3.47. The molecule has 9 nitrogen and oxygen atoms in total. The van der Waals surface area contributed by atoms with Gasteiger partial charge in [-0.15, -0.1) is 0 Å². The predicted molar refractivity (Wildman–Crippen MR) is 157 cm³/mol. The molecule has 0 aliphatic carbocycles. The SMILES string of the molecule is C/C(=N\NC(=O)c1ccccc1Nc1cc(Cl)ccc1C(=O)N/N=C(\C)c1ccc(O)cc1)c1ccc(O)cc1. The molecule has 0 atom stereocenters. The number of phenolic OH excluding ortho intramolecular Hbond substituents is 2. The van der Waals surface area contributed by atoms with Gasteiger partial charge in [0.2, 0.25) is 0 Å². The standard InChI is InChI=1S/C30H26ClN5O4/c1-18(20-7-12-23(37)13-8-20)33-35-29(39)25-5-3-4-6-27(25)32-28-17-22(31)11-16-26(28)30(40)36-34-19(2)21-9-14-24(38)15-10-21/h3-17,32,37-38H,1-2H3,(H,35,39)(H,36,40)/b33-18+,34-19+. The molecular formula is C30H26ClN5O4. The minimum absolute atomic E-state index is 0.130. The molecule has 0 aromatic heterocycles. The second-order valence-electron chi connectivity index (χ2n) is 8.73. The Hall–Kier alpha value is -5.15. The van der Waals surface area contributed by atoms with Gasteiger partial charge < -0.3 is 15.5 Å². The smallest absolute Gasteiger partial charge is 0.273 e. The van der Waals surface area contributed by atoms with E-state index in [1.807, 2.05) is 0 Å². The molecule has 202 valence electrons. The molecule has 10 heteroatoms. The molecule has 0 aliphatic rings. The van der Waals surface area contributed by atoms with Gasteiger partial charge in [0.15, 0.2) is 0 Å². The lowest BCUT2D eigenvalue weighted by Crippen LogP contribution is -2.22. The maximum Gasteiger partial charge on any atom is 0.273 e. The van der Waals surface area contributed by atoms with Crippen LogP contribution in [-0.4, -0.2) is 33.5 Å². The molecule has 0 spiro atoms. The molecule has 4 aromatic rings. The Morgan fingerprint density at radius 2 is 1.12 bits per heavy atom. The lowest BCUT2D eigenvalue weighted by Gasteiger charge is -2.15. The van der Waals surface area contributed by atoms with E-state index in [0.717, 1.165) is 11.1 Å². The van der Waals surface area contributed by atoms with E-state index in [-0.39, 0.29) is 22.6 Å². The number of hydrazone groups is 2. The second kappa shape index (κ2) is 12.6. The molecule has 0 heterocycles. The third kappa shape index (κ3) is 7.03. The largest absolute Gasteiger partial charge is 0.508 e. The molecule has 4 rings (SSSR count). The van der Waals surface area contributed by atoms with Gasteiger partial charge in [-0.2, -0.15) is 10.2 Å². The van der Waals surface area contributed by atoms with Crippen LogP contribution in [0.3, 0.4) is 0 Å². The lowest BCUT2D eigenvalue weighted by atomic mass is 10.1. The van der Waals surface area contributed by atoms with Crippen molar-refractivity contribution in [1.29, 1.82) is 0 Å². The molecule has 0 radical (unpaired) electrons. The van der Waals surface area contributed by atoms with E-state index in [1.165, 1.54) is 24.3 Å². The number of nitrogens with zero attached hydrogens (tertiary/aromatic N) is 2. The van der Waals surface area contributed by atoms with Crippen LogP contribution in [0.2, 0.25) is 5.02 Å². The Labute approximate surface area is 235 Å². The van der Waals surface area contributed by atoms with Gasteiger partial charge in [-0.3, -0.25) is 9.59 Å². The first-order valence-electron chi connectivity index (χ1n) is 12.1. The summed E-state index contributed by atoms with van der Waals surface area (Å²) in [5.41, 5.74) is 8.99. The minimum Gasteiger partial charge on any atom is -0.508 e. The van der Waals surface area contributed by atoms with Gasteiger partial charge in [-0.25, -0.2) is 10.9 Å². The van der Waals surface area contributed by atoms with E-state index < -0.39 is 11.8 Å². The number of amides is 2. The fraction of sp³-hybridized carbons (Fsp3) is 0.0667. The normalized spacial score (nSPS) is 11.6. The van der Waals surface area contributed by atoms with Crippen molar-refractivity contribution in [2.75, 3.05) is 5.32 Å². The summed E-state index contributed by atoms with van der Waals surface area (Å²) in [5.74, 6) is -0.698. The number of aromatic hydroxyl groups is 2. The Kier molecular flexibility index (Phi) is 8.78. The summed E-state index contributed by atoms with van der Waals surface area (Å²) >= 11 is 6.23. The number of nitrogens with one attached hydrogen (secondary N) is 3. The summed E-state index contributed by atoms with van der Waals surface area (Å²) in [6.07, 6.45) is 0. The quantitative estimate of drug-likeness (QED) is 0.138. The molecule has 0 saturated carbocycles. The highest BCUT2D eigenvalue weighted by molar-refractivity contribution is 6.31. The highest BCUT2D eigenvalue weighted by Gasteiger charge is 2.16.